The van der Waals surface area contributed by atoms with E-state index >= 15 is 0 Å². The van der Waals surface area contributed by atoms with Crippen molar-refractivity contribution in [3.63, 3.8) is 0 Å². The number of aromatic nitrogens is 2. The van der Waals surface area contributed by atoms with Crippen LogP contribution in [0.4, 0.5) is 0 Å². The summed E-state index contributed by atoms with van der Waals surface area (Å²) in [7, 11) is 0. The maximum atomic E-state index is 4.37. The number of halogens is 1. The SMILES string of the molecule is CC(C)c1ccc2ncc(Br)nc2c1. The molecule has 1 heterocycles. The Morgan fingerprint density at radius 3 is 2.71 bits per heavy atom. The normalized spacial score (nSPS) is 11.1. The summed E-state index contributed by atoms with van der Waals surface area (Å²) in [6.07, 6.45) is 1.72. The van der Waals surface area contributed by atoms with Crippen LogP contribution in [0.15, 0.2) is 29.0 Å². The molecular formula is C11H11BrN2. The van der Waals surface area contributed by atoms with Crippen LogP contribution in [0.25, 0.3) is 11.0 Å². The second-order valence-corrected chi connectivity index (χ2v) is 4.41. The summed E-state index contributed by atoms with van der Waals surface area (Å²) in [6.45, 7) is 4.35. The van der Waals surface area contributed by atoms with Crippen LogP contribution in [0.5, 0.6) is 0 Å². The van der Waals surface area contributed by atoms with E-state index in [9.17, 15) is 0 Å². The van der Waals surface area contributed by atoms with Crippen LogP contribution in [0.3, 0.4) is 0 Å². The summed E-state index contributed by atoms with van der Waals surface area (Å²) in [5.74, 6) is 0.528. The quantitative estimate of drug-likeness (QED) is 0.774. The molecule has 0 aliphatic carbocycles. The van der Waals surface area contributed by atoms with E-state index in [1.54, 1.807) is 6.20 Å². The number of fused-ring (bicyclic) bond motifs is 1. The van der Waals surface area contributed by atoms with E-state index in [0.29, 0.717) is 5.92 Å². The minimum absolute atomic E-state index is 0.528. The van der Waals surface area contributed by atoms with Gasteiger partial charge >= 0.3 is 0 Å². The average molecular weight is 251 g/mol. The molecule has 0 unspecified atom stereocenters. The first-order valence-corrected chi connectivity index (χ1v) is 5.38. The Hall–Kier alpha value is -0.960. The zero-order valence-corrected chi connectivity index (χ0v) is 9.75. The Labute approximate surface area is 91.5 Å². The first-order chi connectivity index (χ1) is 6.66. The van der Waals surface area contributed by atoms with Crippen molar-refractivity contribution in [1.29, 1.82) is 0 Å². The maximum absolute atomic E-state index is 4.37. The van der Waals surface area contributed by atoms with Crippen molar-refractivity contribution >= 4 is 27.0 Å². The summed E-state index contributed by atoms with van der Waals surface area (Å²) in [5.41, 5.74) is 3.19. The van der Waals surface area contributed by atoms with Gasteiger partial charge in [-0.15, -0.1) is 0 Å². The monoisotopic (exact) mass is 250 g/mol. The third-order valence-electron chi connectivity index (χ3n) is 2.20. The lowest BCUT2D eigenvalue weighted by Gasteiger charge is -2.05. The van der Waals surface area contributed by atoms with Gasteiger partial charge in [-0.1, -0.05) is 19.9 Å². The second kappa shape index (κ2) is 3.65. The molecule has 72 valence electrons. The Balaban J connectivity index is 2.63. The van der Waals surface area contributed by atoms with Gasteiger partial charge in [-0.3, -0.25) is 4.98 Å². The molecule has 1 aromatic heterocycles. The summed E-state index contributed by atoms with van der Waals surface area (Å²) in [6, 6.07) is 6.22. The van der Waals surface area contributed by atoms with Crippen molar-refractivity contribution < 1.29 is 0 Å². The molecule has 0 N–H and O–H groups in total. The van der Waals surface area contributed by atoms with Gasteiger partial charge in [-0.25, -0.2) is 4.98 Å². The molecule has 0 amide bonds. The Kier molecular flexibility index (Phi) is 2.50. The highest BCUT2D eigenvalue weighted by molar-refractivity contribution is 9.10. The maximum Gasteiger partial charge on any atom is 0.125 e. The van der Waals surface area contributed by atoms with E-state index in [-0.39, 0.29) is 0 Å². The lowest BCUT2D eigenvalue weighted by atomic mass is 10.0. The van der Waals surface area contributed by atoms with E-state index in [0.717, 1.165) is 15.6 Å². The van der Waals surface area contributed by atoms with Gasteiger partial charge in [-0.05, 0) is 39.5 Å². The van der Waals surface area contributed by atoms with Crippen LogP contribution in [-0.2, 0) is 0 Å². The van der Waals surface area contributed by atoms with Gasteiger partial charge in [0, 0.05) is 0 Å². The van der Waals surface area contributed by atoms with E-state index in [4.69, 9.17) is 0 Å². The summed E-state index contributed by atoms with van der Waals surface area (Å²) >= 11 is 3.32. The van der Waals surface area contributed by atoms with Gasteiger partial charge in [0.25, 0.3) is 0 Å². The molecule has 0 fully saturated rings. The fourth-order valence-electron chi connectivity index (χ4n) is 1.37. The molecule has 2 aromatic rings. The van der Waals surface area contributed by atoms with Crippen molar-refractivity contribution in [2.75, 3.05) is 0 Å². The molecule has 1 aromatic carbocycles. The molecule has 0 aliphatic heterocycles. The highest BCUT2D eigenvalue weighted by Gasteiger charge is 2.02. The first-order valence-electron chi connectivity index (χ1n) is 4.59. The summed E-state index contributed by atoms with van der Waals surface area (Å²) in [4.78, 5) is 8.64. The highest BCUT2D eigenvalue weighted by atomic mass is 79.9. The predicted molar refractivity (Wildman–Crippen MR) is 61.3 cm³/mol. The molecule has 0 radical (unpaired) electrons. The van der Waals surface area contributed by atoms with Gasteiger partial charge in [0.05, 0.1) is 17.2 Å². The minimum atomic E-state index is 0.528. The molecule has 0 saturated heterocycles. The fraction of sp³-hybridized carbons (Fsp3) is 0.273. The van der Waals surface area contributed by atoms with Crippen LogP contribution in [0.2, 0.25) is 0 Å². The third kappa shape index (κ3) is 1.77. The fourth-order valence-corrected chi connectivity index (χ4v) is 1.66. The first kappa shape index (κ1) is 9.59. The molecule has 0 saturated carbocycles. The molecule has 14 heavy (non-hydrogen) atoms. The lowest BCUT2D eigenvalue weighted by Crippen LogP contribution is -1.90. The molecule has 0 aliphatic rings. The largest absolute Gasteiger partial charge is 0.252 e. The standard InChI is InChI=1S/C11H11BrN2/c1-7(2)8-3-4-9-10(5-8)14-11(12)6-13-9/h3-7H,1-2H3. The molecule has 2 nitrogen and oxygen atoms in total. The van der Waals surface area contributed by atoms with Gasteiger partial charge < -0.3 is 0 Å². The van der Waals surface area contributed by atoms with Gasteiger partial charge in [0.15, 0.2) is 0 Å². The van der Waals surface area contributed by atoms with E-state index in [1.807, 2.05) is 6.07 Å². The summed E-state index contributed by atoms with van der Waals surface area (Å²) < 4.78 is 0.783. The third-order valence-corrected chi connectivity index (χ3v) is 2.59. The van der Waals surface area contributed by atoms with Crippen molar-refractivity contribution in [2.24, 2.45) is 0 Å². The average Bonchev–Trinajstić information content (AvgIpc) is 2.16. The van der Waals surface area contributed by atoms with Crippen LogP contribution in [-0.4, -0.2) is 9.97 Å². The molecule has 2 rings (SSSR count). The Bertz CT molecular complexity index is 466. The zero-order valence-electron chi connectivity index (χ0n) is 8.16. The lowest BCUT2D eigenvalue weighted by molar-refractivity contribution is 0.868. The van der Waals surface area contributed by atoms with Gasteiger partial charge in [0.1, 0.15) is 4.60 Å². The number of nitrogens with zero attached hydrogens (tertiary/aromatic N) is 2. The van der Waals surface area contributed by atoms with E-state index in [1.165, 1.54) is 5.56 Å². The van der Waals surface area contributed by atoms with E-state index in [2.05, 4.69) is 51.9 Å². The molecular weight excluding hydrogens is 240 g/mol. The smallest absolute Gasteiger partial charge is 0.125 e. The number of hydrogen-bond donors (Lipinski definition) is 0. The van der Waals surface area contributed by atoms with Crippen molar-refractivity contribution in [2.45, 2.75) is 19.8 Å². The van der Waals surface area contributed by atoms with Gasteiger partial charge in [-0.2, -0.15) is 0 Å². The number of benzene rings is 1. The van der Waals surface area contributed by atoms with Crippen molar-refractivity contribution in [3.8, 4) is 0 Å². The summed E-state index contributed by atoms with van der Waals surface area (Å²) in [5, 5.41) is 0. The molecule has 3 heteroatoms. The number of rotatable bonds is 1. The van der Waals surface area contributed by atoms with Crippen molar-refractivity contribution in [1.82, 2.24) is 9.97 Å². The Morgan fingerprint density at radius 2 is 2.00 bits per heavy atom. The van der Waals surface area contributed by atoms with Crippen LogP contribution < -0.4 is 0 Å². The van der Waals surface area contributed by atoms with E-state index < -0.39 is 0 Å². The molecule has 0 bridgehead atoms. The van der Waals surface area contributed by atoms with Gasteiger partial charge in [0.2, 0.25) is 0 Å². The molecule has 0 atom stereocenters. The predicted octanol–water partition coefficient (Wildman–Crippen LogP) is 3.52. The molecule has 0 spiro atoms. The minimum Gasteiger partial charge on any atom is -0.252 e. The van der Waals surface area contributed by atoms with Crippen LogP contribution in [0, 0.1) is 0 Å². The van der Waals surface area contributed by atoms with Crippen LogP contribution >= 0.6 is 15.9 Å². The second-order valence-electron chi connectivity index (χ2n) is 3.60. The van der Waals surface area contributed by atoms with Crippen LogP contribution in [0.1, 0.15) is 25.3 Å². The topological polar surface area (TPSA) is 25.8 Å². The highest BCUT2D eigenvalue weighted by Crippen LogP contribution is 2.19. The Morgan fingerprint density at radius 1 is 1.21 bits per heavy atom. The number of hydrogen-bond acceptors (Lipinski definition) is 2. The van der Waals surface area contributed by atoms with Crippen molar-refractivity contribution in [3.05, 3.63) is 34.6 Å². The zero-order chi connectivity index (χ0) is 10.1.